The van der Waals surface area contributed by atoms with Gasteiger partial charge in [-0.25, -0.2) is 4.79 Å². The molecule has 0 aromatic heterocycles. The molecule has 0 aliphatic heterocycles. The van der Waals surface area contributed by atoms with Crippen molar-refractivity contribution in [3.8, 4) is 5.75 Å². The van der Waals surface area contributed by atoms with E-state index in [1.54, 1.807) is 7.11 Å². The zero-order valence-electron chi connectivity index (χ0n) is 18.7. The Morgan fingerprint density at radius 2 is 1.71 bits per heavy atom. The molecular formula is C22H38N2O4. The maximum Gasteiger partial charge on any atom is 0.408 e. The number of alkyl carbamates (subject to hydrolysis) is 1. The molecule has 6 nitrogen and oxygen atoms in total. The lowest BCUT2D eigenvalue weighted by atomic mass is 9.87. The minimum absolute atomic E-state index is 0.422. The number of rotatable bonds is 9. The van der Waals surface area contributed by atoms with Crippen molar-refractivity contribution >= 4 is 11.8 Å². The molecule has 0 saturated carbocycles. The van der Waals surface area contributed by atoms with Crippen molar-refractivity contribution in [2.24, 2.45) is 0 Å². The number of ether oxygens (including phenoxy) is 2. The first-order valence-corrected chi connectivity index (χ1v) is 10.0. The fourth-order valence-electron chi connectivity index (χ4n) is 2.97. The van der Waals surface area contributed by atoms with E-state index in [-0.39, 0.29) is 0 Å². The van der Waals surface area contributed by atoms with Crippen LogP contribution in [0.2, 0.25) is 0 Å². The fraction of sp³-hybridized carbons (Fsp3) is 0.682. The molecule has 0 saturated heterocycles. The number of amides is 1. The average molecular weight is 395 g/mol. The number of aliphatic hydroxyl groups is 1. The first-order valence-electron chi connectivity index (χ1n) is 10.0. The molecule has 0 spiro atoms. The maximum atomic E-state index is 12.0. The van der Waals surface area contributed by atoms with Crippen molar-refractivity contribution in [1.82, 2.24) is 5.32 Å². The van der Waals surface area contributed by atoms with Crippen LogP contribution >= 0.6 is 0 Å². The zero-order valence-corrected chi connectivity index (χ0v) is 18.7. The van der Waals surface area contributed by atoms with Crippen LogP contribution in [0.1, 0.15) is 73.3 Å². The summed E-state index contributed by atoms with van der Waals surface area (Å²) in [4.78, 5) is 12.0. The molecule has 0 unspecified atom stereocenters. The van der Waals surface area contributed by atoms with Crippen molar-refractivity contribution in [2.75, 3.05) is 19.0 Å². The highest BCUT2D eigenvalue weighted by atomic mass is 16.6. The topological polar surface area (TPSA) is 79.8 Å². The number of methoxy groups -OCH3 is 1. The molecule has 0 atom stereocenters. The second-order valence-corrected chi connectivity index (χ2v) is 8.84. The van der Waals surface area contributed by atoms with E-state index in [2.05, 4.69) is 10.6 Å². The summed E-state index contributed by atoms with van der Waals surface area (Å²) in [6, 6.07) is 5.69. The minimum Gasteiger partial charge on any atom is -0.497 e. The third-order valence-corrected chi connectivity index (χ3v) is 4.80. The summed E-state index contributed by atoms with van der Waals surface area (Å²) in [6.07, 6.45) is 1.48. The number of carbonyl (C=O) groups is 1. The molecule has 0 heterocycles. The fourth-order valence-corrected chi connectivity index (χ4v) is 2.97. The van der Waals surface area contributed by atoms with Crippen LogP contribution in [0.15, 0.2) is 18.2 Å². The Hall–Kier alpha value is -1.95. The van der Waals surface area contributed by atoms with Gasteiger partial charge in [-0.2, -0.15) is 0 Å². The Balaban J connectivity index is 2.83. The highest BCUT2D eigenvalue weighted by Gasteiger charge is 2.29. The molecule has 0 radical (unpaired) electrons. The van der Waals surface area contributed by atoms with Gasteiger partial charge in [-0.05, 0) is 72.1 Å². The standard InChI is InChI=1S/C22H38N2O4/c1-9-22(26,10-2)17-15-16(27-8)11-12-18(17)23-14-13-21(6,7)24-19(25)28-20(3,4)5/h11-12,15,23,26H,9-10,13-14H2,1-8H3,(H,24,25). The molecule has 0 fully saturated rings. The lowest BCUT2D eigenvalue weighted by Crippen LogP contribution is -2.46. The quantitative estimate of drug-likeness (QED) is 0.560. The minimum atomic E-state index is -0.916. The van der Waals surface area contributed by atoms with Crippen LogP contribution in [0.5, 0.6) is 5.75 Å². The highest BCUT2D eigenvalue weighted by Crippen LogP contribution is 2.36. The number of carbonyl (C=O) groups excluding carboxylic acids is 1. The van der Waals surface area contributed by atoms with Gasteiger partial charge in [0.25, 0.3) is 0 Å². The van der Waals surface area contributed by atoms with E-state index in [9.17, 15) is 9.90 Å². The molecule has 0 aliphatic carbocycles. The summed E-state index contributed by atoms with van der Waals surface area (Å²) in [6.45, 7) is 14.0. The van der Waals surface area contributed by atoms with Crippen LogP contribution in [-0.4, -0.2) is 36.0 Å². The molecule has 0 aliphatic rings. The highest BCUT2D eigenvalue weighted by molar-refractivity contribution is 5.68. The SMILES string of the molecule is CCC(O)(CC)c1cc(OC)ccc1NCCC(C)(C)NC(=O)OC(C)(C)C. The third kappa shape index (κ3) is 7.23. The number of hydrogen-bond donors (Lipinski definition) is 3. The number of hydrogen-bond acceptors (Lipinski definition) is 5. The van der Waals surface area contributed by atoms with Gasteiger partial charge in [-0.15, -0.1) is 0 Å². The lowest BCUT2D eigenvalue weighted by Gasteiger charge is -2.31. The van der Waals surface area contributed by atoms with Gasteiger partial charge in [-0.1, -0.05) is 13.8 Å². The second kappa shape index (κ2) is 9.50. The smallest absolute Gasteiger partial charge is 0.408 e. The van der Waals surface area contributed by atoms with E-state index in [4.69, 9.17) is 9.47 Å². The second-order valence-electron chi connectivity index (χ2n) is 8.84. The van der Waals surface area contributed by atoms with Crippen molar-refractivity contribution in [2.45, 2.75) is 84.5 Å². The van der Waals surface area contributed by atoms with Gasteiger partial charge in [-0.3, -0.25) is 0 Å². The monoisotopic (exact) mass is 394 g/mol. The predicted octanol–water partition coefficient (Wildman–Crippen LogP) is 4.81. The van der Waals surface area contributed by atoms with Crippen molar-refractivity contribution in [3.05, 3.63) is 23.8 Å². The van der Waals surface area contributed by atoms with Crippen molar-refractivity contribution in [1.29, 1.82) is 0 Å². The number of benzene rings is 1. The predicted molar refractivity (Wildman–Crippen MR) is 114 cm³/mol. The van der Waals surface area contributed by atoms with Crippen LogP contribution in [0.3, 0.4) is 0 Å². The molecule has 6 heteroatoms. The molecular weight excluding hydrogens is 356 g/mol. The first kappa shape index (κ1) is 24.1. The van der Waals surface area contributed by atoms with Gasteiger partial charge in [0.1, 0.15) is 11.4 Å². The van der Waals surface area contributed by atoms with Gasteiger partial charge in [0.15, 0.2) is 0 Å². The normalized spacial score (nSPS) is 12.5. The lowest BCUT2D eigenvalue weighted by molar-refractivity contribution is 0.0288. The van der Waals surface area contributed by atoms with Crippen LogP contribution in [-0.2, 0) is 10.3 Å². The Labute approximate surface area is 170 Å². The Bertz CT molecular complexity index is 646. The Kier molecular flexibility index (Phi) is 8.17. The summed E-state index contributed by atoms with van der Waals surface area (Å²) in [5.41, 5.74) is -0.175. The zero-order chi connectivity index (χ0) is 21.6. The summed E-state index contributed by atoms with van der Waals surface area (Å²) in [5, 5.41) is 17.3. The summed E-state index contributed by atoms with van der Waals surface area (Å²) in [7, 11) is 1.62. The van der Waals surface area contributed by atoms with Gasteiger partial charge in [0.05, 0.1) is 12.7 Å². The molecule has 1 aromatic rings. The summed E-state index contributed by atoms with van der Waals surface area (Å²) >= 11 is 0. The average Bonchev–Trinajstić information content (AvgIpc) is 2.58. The van der Waals surface area contributed by atoms with Gasteiger partial charge in [0, 0.05) is 23.3 Å². The molecule has 1 rings (SSSR count). The van der Waals surface area contributed by atoms with Crippen LogP contribution in [0.25, 0.3) is 0 Å². The van der Waals surface area contributed by atoms with Gasteiger partial charge in [0.2, 0.25) is 0 Å². The maximum absolute atomic E-state index is 12.0. The summed E-state index contributed by atoms with van der Waals surface area (Å²) < 4.78 is 10.7. The Morgan fingerprint density at radius 3 is 2.21 bits per heavy atom. The van der Waals surface area contributed by atoms with E-state index >= 15 is 0 Å². The van der Waals surface area contributed by atoms with E-state index in [0.717, 1.165) is 11.3 Å². The molecule has 1 aromatic carbocycles. The van der Waals surface area contributed by atoms with E-state index in [1.165, 1.54) is 0 Å². The third-order valence-electron chi connectivity index (χ3n) is 4.80. The number of nitrogens with one attached hydrogen (secondary N) is 2. The summed E-state index contributed by atoms with van der Waals surface area (Å²) in [5.74, 6) is 0.716. The van der Waals surface area contributed by atoms with Crippen LogP contribution in [0.4, 0.5) is 10.5 Å². The van der Waals surface area contributed by atoms with Gasteiger partial charge < -0.3 is 25.2 Å². The van der Waals surface area contributed by atoms with E-state index < -0.39 is 22.8 Å². The molecule has 0 bridgehead atoms. The molecule has 160 valence electrons. The largest absolute Gasteiger partial charge is 0.497 e. The van der Waals surface area contributed by atoms with Crippen LogP contribution in [0, 0.1) is 0 Å². The van der Waals surface area contributed by atoms with E-state index in [0.29, 0.717) is 31.6 Å². The van der Waals surface area contributed by atoms with Gasteiger partial charge >= 0.3 is 6.09 Å². The first-order chi connectivity index (χ1) is 12.9. The number of anilines is 1. The Morgan fingerprint density at radius 1 is 1.11 bits per heavy atom. The van der Waals surface area contributed by atoms with Crippen molar-refractivity contribution < 1.29 is 19.4 Å². The molecule has 28 heavy (non-hydrogen) atoms. The van der Waals surface area contributed by atoms with Crippen LogP contribution < -0.4 is 15.4 Å². The molecule has 3 N–H and O–H groups in total. The van der Waals surface area contributed by atoms with E-state index in [1.807, 2.05) is 66.7 Å². The molecule has 1 amide bonds. The van der Waals surface area contributed by atoms with Crippen molar-refractivity contribution in [3.63, 3.8) is 0 Å².